The summed E-state index contributed by atoms with van der Waals surface area (Å²) < 4.78 is 0. The molecule has 1 fully saturated rings. The summed E-state index contributed by atoms with van der Waals surface area (Å²) in [6.45, 7) is 8.81. The molecule has 0 spiro atoms. The van der Waals surface area contributed by atoms with Gasteiger partial charge in [-0.3, -0.25) is 14.6 Å². The molecule has 7 nitrogen and oxygen atoms in total. The molecular weight excluding hydrogens is 521 g/mol. The van der Waals surface area contributed by atoms with Gasteiger partial charge in [0.25, 0.3) is 0 Å². The monoisotopic (exact) mass is 553 g/mol. The zero-order valence-electron chi connectivity index (χ0n) is 20.8. The van der Waals surface area contributed by atoms with Crippen molar-refractivity contribution in [2.45, 2.75) is 32.2 Å². The molecule has 0 radical (unpaired) electrons. The molecule has 5 rings (SSSR count). The number of dihydropyridines is 1. The minimum atomic E-state index is -0.856. The van der Waals surface area contributed by atoms with Crippen LogP contribution in [0, 0.1) is 5.92 Å². The van der Waals surface area contributed by atoms with Gasteiger partial charge in [0.1, 0.15) is 22.8 Å². The Hall–Kier alpha value is -2.03. The number of aromatic nitrogens is 2. The lowest BCUT2D eigenvalue weighted by Crippen LogP contribution is -2.45. The molecule has 3 heterocycles. The summed E-state index contributed by atoms with van der Waals surface area (Å²) in [5.41, 5.74) is 2.40. The number of fused-ring (bicyclic) bond motifs is 2. The van der Waals surface area contributed by atoms with Crippen LogP contribution in [-0.2, 0) is 4.79 Å². The Morgan fingerprint density at radius 3 is 2.36 bits per heavy atom. The second-order valence-electron chi connectivity index (χ2n) is 9.85. The number of carbonyl (C=O) groups is 2. The summed E-state index contributed by atoms with van der Waals surface area (Å²) in [6.07, 6.45) is 3.28. The van der Waals surface area contributed by atoms with E-state index in [0.29, 0.717) is 34.8 Å². The van der Waals surface area contributed by atoms with Gasteiger partial charge in [0.05, 0.1) is 5.92 Å². The van der Waals surface area contributed by atoms with Crippen molar-refractivity contribution in [3.63, 3.8) is 0 Å². The van der Waals surface area contributed by atoms with Crippen molar-refractivity contribution < 1.29 is 9.59 Å². The fourth-order valence-corrected chi connectivity index (χ4v) is 4.99. The molecule has 196 valence electrons. The molecule has 2 aromatic rings. The highest BCUT2D eigenvalue weighted by atomic mass is 35.5. The molecule has 10 heteroatoms. The van der Waals surface area contributed by atoms with E-state index in [1.807, 2.05) is 44.2 Å². The van der Waals surface area contributed by atoms with Crippen LogP contribution in [0.2, 0.25) is 0 Å². The number of likely N-dealkylation sites (N-methyl/N-ethyl adjacent to an activating group) is 1. The second kappa shape index (κ2) is 12.0. The Bertz CT molecular complexity index is 1150. The molecule has 1 atom stereocenters. The van der Waals surface area contributed by atoms with Crippen molar-refractivity contribution in [1.82, 2.24) is 19.8 Å². The minimum absolute atomic E-state index is 0. The first-order valence-corrected chi connectivity index (χ1v) is 11.8. The van der Waals surface area contributed by atoms with Gasteiger partial charge in [0, 0.05) is 49.1 Å². The van der Waals surface area contributed by atoms with Crippen LogP contribution < -0.4 is 0 Å². The number of piperazine rings is 1. The summed E-state index contributed by atoms with van der Waals surface area (Å²) in [5, 5.41) is 0. The van der Waals surface area contributed by atoms with E-state index < -0.39 is 11.5 Å². The Labute approximate surface area is 231 Å². The third-order valence-electron chi connectivity index (χ3n) is 7.09. The van der Waals surface area contributed by atoms with Gasteiger partial charge in [-0.15, -0.1) is 37.2 Å². The van der Waals surface area contributed by atoms with Crippen LogP contribution in [0.25, 0.3) is 17.0 Å². The SMILES string of the molecule is CN1CCN(CCCC2C(=O)c3[nH]c(-c4ccccc4)nc3C3=C2C(=O)C(C)(C)N=C3)CC1.Cl.Cl.Cl. The average molecular weight is 555 g/mol. The van der Waals surface area contributed by atoms with Crippen molar-refractivity contribution in [2.24, 2.45) is 10.9 Å². The van der Waals surface area contributed by atoms with E-state index in [4.69, 9.17) is 4.98 Å². The van der Waals surface area contributed by atoms with Gasteiger partial charge in [0.2, 0.25) is 0 Å². The number of benzene rings is 1. The van der Waals surface area contributed by atoms with Gasteiger partial charge in [0.15, 0.2) is 11.6 Å². The molecule has 36 heavy (non-hydrogen) atoms. The topological polar surface area (TPSA) is 81.7 Å². The number of halogens is 3. The van der Waals surface area contributed by atoms with Crippen LogP contribution in [0.1, 0.15) is 42.9 Å². The molecule has 1 aliphatic carbocycles. The highest BCUT2D eigenvalue weighted by molar-refractivity contribution is 6.30. The quantitative estimate of drug-likeness (QED) is 0.594. The second-order valence-corrected chi connectivity index (χ2v) is 9.85. The summed E-state index contributed by atoms with van der Waals surface area (Å²) in [5.74, 6) is 0.0937. The van der Waals surface area contributed by atoms with Gasteiger partial charge in [-0.2, -0.15) is 0 Å². The number of allylic oxidation sites excluding steroid dienone is 1. The highest BCUT2D eigenvalue weighted by Gasteiger charge is 2.45. The van der Waals surface area contributed by atoms with Gasteiger partial charge in [-0.05, 0) is 40.3 Å². The number of aliphatic imine (C=N–C) groups is 1. The first-order chi connectivity index (χ1) is 15.8. The number of hydrogen-bond donors (Lipinski definition) is 1. The predicted octanol–water partition coefficient (Wildman–Crippen LogP) is 4.37. The van der Waals surface area contributed by atoms with Gasteiger partial charge >= 0.3 is 0 Å². The number of Topliss-reactive ketones (excluding diaryl/α,β-unsaturated/α-hetero) is 2. The number of imidazole rings is 1. The number of rotatable bonds is 5. The molecule has 2 aliphatic heterocycles. The third kappa shape index (κ3) is 5.60. The fraction of sp³-hybridized carbons (Fsp3) is 0.462. The molecule has 1 N–H and O–H groups in total. The smallest absolute Gasteiger partial charge is 0.188 e. The lowest BCUT2D eigenvalue weighted by molar-refractivity contribution is -0.119. The van der Waals surface area contributed by atoms with E-state index in [-0.39, 0.29) is 48.8 Å². The summed E-state index contributed by atoms with van der Waals surface area (Å²) in [4.78, 5) is 44.4. The van der Waals surface area contributed by atoms with Crippen molar-refractivity contribution in [2.75, 3.05) is 39.8 Å². The molecule has 0 bridgehead atoms. The Kier molecular flexibility index (Phi) is 10.1. The molecular formula is C26H34Cl3N5O2. The van der Waals surface area contributed by atoms with Gasteiger partial charge in [-0.25, -0.2) is 4.98 Å². The third-order valence-corrected chi connectivity index (χ3v) is 7.09. The number of ketones is 2. The summed E-state index contributed by atoms with van der Waals surface area (Å²) >= 11 is 0. The maximum Gasteiger partial charge on any atom is 0.188 e. The Morgan fingerprint density at radius 1 is 1.03 bits per heavy atom. The maximum atomic E-state index is 13.7. The van der Waals surface area contributed by atoms with Crippen molar-refractivity contribution >= 4 is 60.6 Å². The normalized spacial score (nSPS) is 21.1. The predicted molar refractivity (Wildman–Crippen MR) is 151 cm³/mol. The van der Waals surface area contributed by atoms with Crippen molar-refractivity contribution in [3.8, 4) is 11.4 Å². The molecule has 3 aliphatic rings. The molecule has 1 aromatic heterocycles. The van der Waals surface area contributed by atoms with E-state index in [1.165, 1.54) is 0 Å². The standard InChI is InChI=1S/C26H31N5O2.3ClH/c1-26(2)24(33)20-18(10-7-11-31-14-12-30(3)13-15-31)23(32)22-21(19(20)16-27-26)28-25(29-22)17-8-5-4-6-9-17;;;/h4-6,8-9,16,18H,7,10-15H2,1-3H3,(H,28,29);3*1H. The number of aromatic amines is 1. The number of nitrogens with one attached hydrogen (secondary N) is 1. The zero-order valence-corrected chi connectivity index (χ0v) is 23.3. The highest BCUT2D eigenvalue weighted by Crippen LogP contribution is 2.41. The Morgan fingerprint density at radius 2 is 1.69 bits per heavy atom. The fourth-order valence-electron chi connectivity index (χ4n) is 4.99. The number of carbonyl (C=O) groups excluding carboxylic acids is 2. The summed E-state index contributed by atoms with van der Waals surface area (Å²) in [6, 6.07) is 9.75. The molecule has 1 aromatic carbocycles. The van der Waals surface area contributed by atoms with Crippen LogP contribution in [-0.4, -0.2) is 82.9 Å². The van der Waals surface area contributed by atoms with E-state index in [2.05, 4.69) is 26.8 Å². The van der Waals surface area contributed by atoms with Crippen molar-refractivity contribution in [1.29, 1.82) is 0 Å². The van der Waals surface area contributed by atoms with Crippen LogP contribution in [0.4, 0.5) is 0 Å². The van der Waals surface area contributed by atoms with Crippen LogP contribution >= 0.6 is 37.2 Å². The number of hydrogen-bond acceptors (Lipinski definition) is 6. The Balaban J connectivity index is 0.00000152. The molecule has 0 amide bonds. The number of H-pyrrole nitrogens is 1. The lowest BCUT2D eigenvalue weighted by atomic mass is 9.73. The van der Waals surface area contributed by atoms with Crippen molar-refractivity contribution in [3.05, 3.63) is 47.3 Å². The first kappa shape index (κ1) is 30.2. The first-order valence-electron chi connectivity index (χ1n) is 11.8. The van der Waals surface area contributed by atoms with Crippen LogP contribution in [0.15, 0.2) is 40.9 Å². The van der Waals surface area contributed by atoms with E-state index in [1.54, 1.807) is 6.21 Å². The van der Waals surface area contributed by atoms with E-state index in [9.17, 15) is 9.59 Å². The van der Waals surface area contributed by atoms with Gasteiger partial charge in [-0.1, -0.05) is 30.3 Å². The zero-order chi connectivity index (χ0) is 23.2. The van der Waals surface area contributed by atoms with E-state index >= 15 is 0 Å². The average Bonchev–Trinajstić information content (AvgIpc) is 3.26. The minimum Gasteiger partial charge on any atom is -0.335 e. The lowest BCUT2D eigenvalue weighted by Gasteiger charge is -2.34. The van der Waals surface area contributed by atoms with Crippen LogP contribution in [0.5, 0.6) is 0 Å². The molecule has 0 saturated carbocycles. The van der Waals surface area contributed by atoms with Gasteiger partial charge < -0.3 is 14.8 Å². The molecule has 1 saturated heterocycles. The molecule has 1 unspecified atom stereocenters. The van der Waals surface area contributed by atoms with Crippen LogP contribution in [0.3, 0.4) is 0 Å². The largest absolute Gasteiger partial charge is 0.335 e. The van der Waals surface area contributed by atoms with E-state index in [0.717, 1.165) is 44.7 Å². The summed E-state index contributed by atoms with van der Waals surface area (Å²) in [7, 11) is 2.15. The number of nitrogens with zero attached hydrogens (tertiary/aromatic N) is 4. The maximum absolute atomic E-state index is 13.7.